The van der Waals surface area contributed by atoms with Gasteiger partial charge in [-0.25, -0.2) is 17.8 Å². The van der Waals surface area contributed by atoms with Crippen LogP contribution in [0.15, 0.2) is 9.63 Å². The van der Waals surface area contributed by atoms with Crippen LogP contribution in [0.3, 0.4) is 0 Å². The van der Waals surface area contributed by atoms with E-state index < -0.39 is 10.0 Å². The van der Waals surface area contributed by atoms with Gasteiger partial charge in [0.25, 0.3) is 10.0 Å². The molecule has 1 heterocycles. The van der Waals surface area contributed by atoms with Crippen LogP contribution in [0.4, 0.5) is 0 Å². The average molecular weight is 341 g/mol. The molecule has 1 unspecified atom stereocenters. The summed E-state index contributed by atoms with van der Waals surface area (Å²) in [6.45, 7) is 2.31. The van der Waals surface area contributed by atoms with E-state index in [1.54, 1.807) is 7.11 Å². The highest BCUT2D eigenvalue weighted by Crippen LogP contribution is 2.18. The number of nitrogens with one attached hydrogen (secondary N) is 1. The zero-order valence-electron chi connectivity index (χ0n) is 10.6. The molecular weight excluding hydrogens is 324 g/mol. The van der Waals surface area contributed by atoms with Crippen LogP contribution in [-0.2, 0) is 21.8 Å². The van der Waals surface area contributed by atoms with Crippen LogP contribution < -0.4 is 4.72 Å². The summed E-state index contributed by atoms with van der Waals surface area (Å²) >= 11 is 3.08. The Labute approximate surface area is 115 Å². The highest BCUT2D eigenvalue weighted by Gasteiger charge is 2.26. The first-order valence-corrected chi connectivity index (χ1v) is 7.76. The minimum atomic E-state index is -3.66. The van der Waals surface area contributed by atoms with Gasteiger partial charge in [-0.2, -0.15) is 0 Å². The van der Waals surface area contributed by atoms with Gasteiger partial charge in [0.2, 0.25) is 5.03 Å². The molecule has 7 nitrogen and oxygen atoms in total. The van der Waals surface area contributed by atoms with Crippen LogP contribution in [-0.4, -0.2) is 43.2 Å². The molecule has 0 fully saturated rings. The lowest BCUT2D eigenvalue weighted by Gasteiger charge is -2.17. The van der Waals surface area contributed by atoms with Crippen molar-refractivity contribution < 1.29 is 13.2 Å². The second-order valence-electron chi connectivity index (χ2n) is 3.87. The quantitative estimate of drug-likeness (QED) is 0.788. The van der Waals surface area contributed by atoms with E-state index >= 15 is 0 Å². The van der Waals surface area contributed by atoms with E-state index in [2.05, 4.69) is 31.0 Å². The topological polar surface area (TPSA) is 86.1 Å². The molecule has 1 rings (SSSR count). The summed E-state index contributed by atoms with van der Waals surface area (Å²) in [6.07, 6.45) is 1.57. The number of halogens is 1. The lowest BCUT2D eigenvalue weighted by molar-refractivity contribution is 0.171. The van der Waals surface area contributed by atoms with E-state index in [0.717, 1.165) is 6.42 Å². The summed E-state index contributed by atoms with van der Waals surface area (Å²) in [6, 6.07) is -0.258. The van der Waals surface area contributed by atoms with E-state index in [4.69, 9.17) is 4.74 Å². The van der Waals surface area contributed by atoms with Crippen molar-refractivity contribution in [1.82, 2.24) is 19.7 Å². The van der Waals surface area contributed by atoms with Gasteiger partial charge in [-0.05, 0) is 22.4 Å². The minimum absolute atomic E-state index is 0.0136. The Balaban J connectivity index is 2.93. The third-order valence-electron chi connectivity index (χ3n) is 2.32. The number of ether oxygens (including phenoxy) is 1. The standard InChI is InChI=1S/C9H17BrN4O3S/c1-4-5-7(6-17-3)12-18(15,16)9-8(10)11-13-14(9)2/h7,12H,4-6H2,1-3H3. The number of sulfonamides is 1. The predicted molar refractivity (Wildman–Crippen MR) is 69.6 cm³/mol. The van der Waals surface area contributed by atoms with Crippen molar-refractivity contribution in [3.05, 3.63) is 4.60 Å². The molecule has 0 aliphatic rings. The Hall–Kier alpha value is -0.510. The molecule has 1 N–H and O–H groups in total. The van der Waals surface area contributed by atoms with Gasteiger partial charge in [-0.1, -0.05) is 18.6 Å². The number of hydrogen-bond acceptors (Lipinski definition) is 5. The van der Waals surface area contributed by atoms with Gasteiger partial charge in [0, 0.05) is 20.2 Å². The number of aromatic nitrogens is 3. The molecule has 9 heteroatoms. The van der Waals surface area contributed by atoms with Crippen LogP contribution >= 0.6 is 15.9 Å². The first kappa shape index (κ1) is 15.5. The Bertz CT molecular complexity index is 463. The molecule has 0 aliphatic heterocycles. The van der Waals surface area contributed by atoms with Crippen molar-refractivity contribution in [2.75, 3.05) is 13.7 Å². The Kier molecular flexibility index (Phi) is 5.70. The molecule has 0 radical (unpaired) electrons. The lowest BCUT2D eigenvalue weighted by atomic mass is 10.2. The van der Waals surface area contributed by atoms with Crippen molar-refractivity contribution in [1.29, 1.82) is 0 Å². The van der Waals surface area contributed by atoms with Gasteiger partial charge >= 0.3 is 0 Å². The highest BCUT2D eigenvalue weighted by atomic mass is 79.9. The zero-order chi connectivity index (χ0) is 13.8. The van der Waals surface area contributed by atoms with Crippen LogP contribution in [0.2, 0.25) is 0 Å². The van der Waals surface area contributed by atoms with Gasteiger partial charge in [-0.15, -0.1) is 5.10 Å². The van der Waals surface area contributed by atoms with Gasteiger partial charge in [0.05, 0.1) is 6.61 Å². The largest absolute Gasteiger partial charge is 0.383 e. The summed E-state index contributed by atoms with van der Waals surface area (Å²) in [4.78, 5) is 0. The summed E-state index contributed by atoms with van der Waals surface area (Å²) in [7, 11) is -0.595. The van der Waals surface area contributed by atoms with Crippen molar-refractivity contribution >= 4 is 26.0 Å². The van der Waals surface area contributed by atoms with E-state index in [1.807, 2.05) is 6.92 Å². The van der Waals surface area contributed by atoms with E-state index in [-0.39, 0.29) is 15.7 Å². The molecule has 0 spiro atoms. The maximum absolute atomic E-state index is 12.2. The van der Waals surface area contributed by atoms with E-state index in [1.165, 1.54) is 11.7 Å². The fourth-order valence-corrected chi connectivity index (χ4v) is 3.96. The minimum Gasteiger partial charge on any atom is -0.383 e. The molecule has 18 heavy (non-hydrogen) atoms. The summed E-state index contributed by atoms with van der Waals surface area (Å²) in [5, 5.41) is 7.33. The summed E-state index contributed by atoms with van der Waals surface area (Å²) in [5.74, 6) is 0. The molecule has 1 aromatic heterocycles. The predicted octanol–water partition coefficient (Wildman–Crippen LogP) is 0.671. The van der Waals surface area contributed by atoms with Crippen molar-refractivity contribution in [2.24, 2.45) is 7.05 Å². The Morgan fingerprint density at radius 2 is 2.22 bits per heavy atom. The fourth-order valence-electron chi connectivity index (χ4n) is 1.61. The monoisotopic (exact) mass is 340 g/mol. The van der Waals surface area contributed by atoms with Crippen LogP contribution in [0.5, 0.6) is 0 Å². The average Bonchev–Trinajstić information content (AvgIpc) is 2.59. The zero-order valence-corrected chi connectivity index (χ0v) is 13.0. The number of hydrogen-bond donors (Lipinski definition) is 1. The normalized spacial score (nSPS) is 13.8. The Morgan fingerprint density at radius 3 is 2.67 bits per heavy atom. The molecule has 0 bridgehead atoms. The van der Waals surface area contributed by atoms with Gasteiger partial charge in [0.1, 0.15) is 0 Å². The smallest absolute Gasteiger partial charge is 0.260 e. The van der Waals surface area contributed by atoms with E-state index in [9.17, 15) is 8.42 Å². The van der Waals surface area contributed by atoms with Crippen molar-refractivity contribution in [3.8, 4) is 0 Å². The van der Waals surface area contributed by atoms with Crippen LogP contribution in [0.25, 0.3) is 0 Å². The van der Waals surface area contributed by atoms with Crippen LogP contribution in [0, 0.1) is 0 Å². The van der Waals surface area contributed by atoms with Gasteiger partial charge in [-0.3, -0.25) is 0 Å². The molecular formula is C9H17BrN4O3S. The van der Waals surface area contributed by atoms with Gasteiger partial charge < -0.3 is 4.74 Å². The summed E-state index contributed by atoms with van der Waals surface area (Å²) in [5.41, 5.74) is 0. The number of nitrogens with zero attached hydrogens (tertiary/aromatic N) is 3. The molecule has 104 valence electrons. The highest BCUT2D eigenvalue weighted by molar-refractivity contribution is 9.10. The van der Waals surface area contributed by atoms with E-state index in [0.29, 0.717) is 13.0 Å². The van der Waals surface area contributed by atoms with Crippen molar-refractivity contribution in [3.63, 3.8) is 0 Å². The number of aryl methyl sites for hydroxylation is 1. The van der Waals surface area contributed by atoms with Crippen LogP contribution in [0.1, 0.15) is 19.8 Å². The lowest BCUT2D eigenvalue weighted by Crippen LogP contribution is -2.38. The maximum Gasteiger partial charge on any atom is 0.260 e. The summed E-state index contributed by atoms with van der Waals surface area (Å²) < 4.78 is 33.4. The first-order chi connectivity index (χ1) is 8.42. The third-order valence-corrected chi connectivity index (χ3v) is 4.73. The molecule has 1 atom stereocenters. The molecule has 0 aromatic carbocycles. The second-order valence-corrected chi connectivity index (χ2v) is 6.25. The van der Waals surface area contributed by atoms with Crippen molar-refractivity contribution in [2.45, 2.75) is 30.8 Å². The molecule has 1 aromatic rings. The first-order valence-electron chi connectivity index (χ1n) is 5.48. The van der Waals surface area contributed by atoms with Gasteiger partial charge in [0.15, 0.2) is 4.60 Å². The second kappa shape index (κ2) is 6.60. The molecule has 0 saturated heterocycles. The fraction of sp³-hybridized carbons (Fsp3) is 0.778. The maximum atomic E-state index is 12.2. The SMILES string of the molecule is CCCC(COC)NS(=O)(=O)c1c(Br)nnn1C. The Morgan fingerprint density at radius 1 is 1.56 bits per heavy atom. The molecule has 0 saturated carbocycles. The number of methoxy groups -OCH3 is 1. The number of rotatable bonds is 7. The molecule has 0 amide bonds. The molecule has 0 aliphatic carbocycles. The third kappa shape index (κ3) is 3.74.